The van der Waals surface area contributed by atoms with Gasteiger partial charge in [-0.15, -0.1) is 0 Å². The van der Waals surface area contributed by atoms with Crippen molar-refractivity contribution in [3.05, 3.63) is 131 Å². The van der Waals surface area contributed by atoms with Crippen molar-refractivity contribution in [3.8, 4) is 5.75 Å². The Bertz CT molecular complexity index is 1310. The van der Waals surface area contributed by atoms with Crippen LogP contribution >= 0.6 is 0 Å². The zero-order valence-corrected chi connectivity index (χ0v) is 17.9. The maximum absolute atomic E-state index is 13.1. The highest BCUT2D eigenvalue weighted by Crippen LogP contribution is 2.19. The van der Waals surface area contributed by atoms with E-state index in [-0.39, 0.29) is 11.6 Å². The van der Waals surface area contributed by atoms with Gasteiger partial charge < -0.3 is 4.74 Å². The number of ether oxygens (including phenoxy) is 1. The van der Waals surface area contributed by atoms with Gasteiger partial charge in [0, 0.05) is 17.3 Å². The largest absolute Gasteiger partial charge is 0.423 e. The topological polar surface area (TPSA) is 55.7 Å². The molecule has 0 saturated heterocycles. The fourth-order valence-corrected chi connectivity index (χ4v) is 3.12. The molecule has 0 N–H and O–H groups in total. The summed E-state index contributed by atoms with van der Waals surface area (Å²) in [5.74, 6) is -0.573. The molecule has 0 unspecified atom stereocenters. The molecule has 4 aromatic carbocycles. The van der Waals surface area contributed by atoms with Gasteiger partial charge in [0.15, 0.2) is 5.78 Å². The molecule has 0 spiro atoms. The maximum atomic E-state index is 13.1. The van der Waals surface area contributed by atoms with E-state index >= 15 is 0 Å². The van der Waals surface area contributed by atoms with Gasteiger partial charge in [-0.1, -0.05) is 29.8 Å². The molecule has 0 aliphatic rings. The van der Waals surface area contributed by atoms with Crippen molar-refractivity contribution in [3.63, 3.8) is 0 Å². The lowest BCUT2D eigenvalue weighted by Crippen LogP contribution is -2.08. The van der Waals surface area contributed by atoms with Gasteiger partial charge in [0.05, 0.1) is 11.3 Å². The van der Waals surface area contributed by atoms with Gasteiger partial charge in [-0.25, -0.2) is 9.18 Å². The Morgan fingerprint density at radius 1 is 0.788 bits per heavy atom. The molecule has 0 bridgehead atoms. The fourth-order valence-electron chi connectivity index (χ4n) is 3.12. The molecule has 4 nitrogen and oxygen atoms in total. The third-order valence-electron chi connectivity index (χ3n) is 4.96. The maximum Gasteiger partial charge on any atom is 0.343 e. The molecule has 0 amide bonds. The lowest BCUT2D eigenvalue weighted by molar-refractivity contribution is 0.0734. The van der Waals surface area contributed by atoms with E-state index in [1.165, 1.54) is 24.3 Å². The van der Waals surface area contributed by atoms with Crippen molar-refractivity contribution < 1.29 is 18.7 Å². The quantitative estimate of drug-likeness (QED) is 0.153. The van der Waals surface area contributed by atoms with Crippen LogP contribution in [0.4, 0.5) is 10.1 Å². The molecule has 0 radical (unpaired) electrons. The molecule has 0 saturated carbocycles. The lowest BCUT2D eigenvalue weighted by atomic mass is 10.0. The molecular formula is C28H20FNO3. The minimum absolute atomic E-state index is 0.202. The average molecular weight is 437 g/mol. The summed E-state index contributed by atoms with van der Waals surface area (Å²) in [6.45, 7) is 1.95. The molecule has 4 aromatic rings. The van der Waals surface area contributed by atoms with Crippen LogP contribution in [0.25, 0.3) is 0 Å². The summed E-state index contributed by atoms with van der Waals surface area (Å²) in [6.07, 6.45) is 1.66. The summed E-state index contributed by atoms with van der Waals surface area (Å²) in [7, 11) is 0. The summed E-state index contributed by atoms with van der Waals surface area (Å²) in [5.41, 5.74) is 3.85. The highest BCUT2D eigenvalue weighted by Gasteiger charge is 2.10. The predicted molar refractivity (Wildman–Crippen MR) is 126 cm³/mol. The third-order valence-corrected chi connectivity index (χ3v) is 4.96. The van der Waals surface area contributed by atoms with Crippen LogP contribution in [-0.2, 0) is 0 Å². The number of esters is 1. The first-order chi connectivity index (χ1) is 16.0. The van der Waals surface area contributed by atoms with Crippen LogP contribution in [0.2, 0.25) is 0 Å². The standard InChI is InChI=1S/C28H20FNO3/c1-19-5-9-22(10-6-19)28(32)33-26-15-7-20(8-16-26)18-30-25-4-2-3-23(17-25)27(31)21-11-13-24(29)14-12-21/h2-18H,1H3. The van der Waals surface area contributed by atoms with Crippen LogP contribution in [0.15, 0.2) is 102 Å². The Hall–Kier alpha value is -4.38. The van der Waals surface area contributed by atoms with E-state index in [1.54, 1.807) is 66.9 Å². The minimum atomic E-state index is -0.418. The van der Waals surface area contributed by atoms with Gasteiger partial charge in [-0.3, -0.25) is 9.79 Å². The van der Waals surface area contributed by atoms with Gasteiger partial charge >= 0.3 is 5.97 Å². The first-order valence-corrected chi connectivity index (χ1v) is 10.3. The number of aliphatic imine (C=N–C) groups is 1. The highest BCUT2D eigenvalue weighted by atomic mass is 19.1. The number of rotatable bonds is 6. The van der Waals surface area contributed by atoms with Gasteiger partial charge in [0.25, 0.3) is 0 Å². The van der Waals surface area contributed by atoms with E-state index < -0.39 is 5.97 Å². The van der Waals surface area contributed by atoms with Crippen LogP contribution in [-0.4, -0.2) is 18.0 Å². The number of carbonyl (C=O) groups excluding carboxylic acids is 2. The second-order valence-corrected chi connectivity index (χ2v) is 7.47. The van der Waals surface area contributed by atoms with Crippen LogP contribution in [0.1, 0.15) is 37.4 Å². The predicted octanol–water partition coefficient (Wildman–Crippen LogP) is 6.33. The van der Waals surface area contributed by atoms with Crippen molar-refractivity contribution in [2.24, 2.45) is 4.99 Å². The molecule has 5 heteroatoms. The summed E-state index contributed by atoms with van der Waals surface area (Å²) in [4.78, 5) is 29.3. The number of nitrogens with zero attached hydrogens (tertiary/aromatic N) is 1. The Morgan fingerprint density at radius 2 is 1.45 bits per heavy atom. The van der Waals surface area contributed by atoms with E-state index in [9.17, 15) is 14.0 Å². The monoisotopic (exact) mass is 437 g/mol. The van der Waals surface area contributed by atoms with Crippen LogP contribution in [0, 0.1) is 12.7 Å². The van der Waals surface area contributed by atoms with Crippen molar-refractivity contribution in [1.29, 1.82) is 0 Å². The zero-order chi connectivity index (χ0) is 23.2. The molecule has 0 heterocycles. The Morgan fingerprint density at radius 3 is 2.15 bits per heavy atom. The number of ketones is 1. The molecule has 0 aliphatic carbocycles. The molecule has 0 fully saturated rings. The number of benzene rings is 4. The Balaban J connectivity index is 1.42. The van der Waals surface area contributed by atoms with Crippen LogP contribution in [0.3, 0.4) is 0 Å². The van der Waals surface area contributed by atoms with E-state index in [4.69, 9.17) is 4.74 Å². The highest BCUT2D eigenvalue weighted by molar-refractivity contribution is 6.09. The minimum Gasteiger partial charge on any atom is -0.423 e. The normalized spacial score (nSPS) is 10.8. The number of halogens is 1. The van der Waals surface area contributed by atoms with Crippen molar-refractivity contribution in [2.45, 2.75) is 6.92 Å². The molecule has 0 aromatic heterocycles. The zero-order valence-electron chi connectivity index (χ0n) is 17.9. The lowest BCUT2D eigenvalue weighted by Gasteiger charge is -2.05. The van der Waals surface area contributed by atoms with Crippen LogP contribution in [0.5, 0.6) is 5.75 Å². The first-order valence-electron chi connectivity index (χ1n) is 10.3. The summed E-state index contributed by atoms with van der Waals surface area (Å²) < 4.78 is 18.5. The van der Waals surface area contributed by atoms with Gasteiger partial charge in [0.1, 0.15) is 11.6 Å². The number of hydrogen-bond acceptors (Lipinski definition) is 4. The van der Waals surface area contributed by atoms with E-state index in [2.05, 4.69) is 4.99 Å². The summed E-state index contributed by atoms with van der Waals surface area (Å²) >= 11 is 0. The molecule has 4 rings (SSSR count). The average Bonchev–Trinajstić information content (AvgIpc) is 2.84. The van der Waals surface area contributed by atoms with E-state index in [1.807, 2.05) is 19.1 Å². The van der Waals surface area contributed by atoms with E-state index in [0.717, 1.165) is 11.1 Å². The SMILES string of the molecule is Cc1ccc(C(=O)Oc2ccc(C=Nc3cccc(C(=O)c4ccc(F)cc4)c3)cc2)cc1. The Kier molecular flexibility index (Phi) is 6.51. The number of aryl methyl sites for hydroxylation is 1. The van der Waals surface area contributed by atoms with Gasteiger partial charge in [-0.05, 0) is 85.3 Å². The molecule has 162 valence electrons. The molecule has 33 heavy (non-hydrogen) atoms. The smallest absolute Gasteiger partial charge is 0.343 e. The third kappa shape index (κ3) is 5.66. The Labute approximate surface area is 191 Å². The fraction of sp³-hybridized carbons (Fsp3) is 0.0357. The summed E-state index contributed by atoms with van der Waals surface area (Å²) in [6, 6.07) is 26.5. The number of carbonyl (C=O) groups is 2. The van der Waals surface area contributed by atoms with Crippen molar-refractivity contribution in [2.75, 3.05) is 0 Å². The molecule has 0 atom stereocenters. The van der Waals surface area contributed by atoms with Crippen molar-refractivity contribution in [1.82, 2.24) is 0 Å². The molecule has 0 aliphatic heterocycles. The second-order valence-electron chi connectivity index (χ2n) is 7.47. The first kappa shape index (κ1) is 21.8. The molecular weight excluding hydrogens is 417 g/mol. The van der Waals surface area contributed by atoms with Crippen molar-refractivity contribution >= 4 is 23.7 Å². The number of hydrogen-bond donors (Lipinski definition) is 0. The van der Waals surface area contributed by atoms with Gasteiger partial charge in [-0.2, -0.15) is 0 Å². The van der Waals surface area contributed by atoms with Crippen LogP contribution < -0.4 is 4.74 Å². The van der Waals surface area contributed by atoms with E-state index in [0.29, 0.717) is 28.1 Å². The second kappa shape index (κ2) is 9.83. The summed E-state index contributed by atoms with van der Waals surface area (Å²) in [5, 5.41) is 0. The van der Waals surface area contributed by atoms with Gasteiger partial charge in [0.2, 0.25) is 0 Å².